The van der Waals surface area contributed by atoms with E-state index in [0.717, 1.165) is 25.0 Å². The average Bonchev–Trinajstić information content (AvgIpc) is 2.61. The smallest absolute Gasteiger partial charge is 0.174 e. The summed E-state index contributed by atoms with van der Waals surface area (Å²) in [6, 6.07) is 4.03. The first kappa shape index (κ1) is 10.7. The molecular formula is C12H14N4. The molecule has 2 aliphatic rings. The van der Waals surface area contributed by atoms with E-state index in [1.54, 1.807) is 0 Å². The average molecular weight is 214 g/mol. The van der Waals surface area contributed by atoms with Gasteiger partial charge in [-0.2, -0.15) is 10.5 Å². The Bertz CT molecular complexity index is 460. The molecule has 2 unspecified atom stereocenters. The van der Waals surface area contributed by atoms with Crippen LogP contribution in [-0.2, 0) is 0 Å². The van der Waals surface area contributed by atoms with E-state index in [0.29, 0.717) is 11.6 Å². The van der Waals surface area contributed by atoms with Crippen molar-refractivity contribution in [2.45, 2.75) is 38.6 Å². The van der Waals surface area contributed by atoms with Crippen molar-refractivity contribution >= 4 is 5.71 Å². The molecule has 4 heteroatoms. The molecule has 1 saturated carbocycles. The van der Waals surface area contributed by atoms with Crippen molar-refractivity contribution in [3.63, 3.8) is 0 Å². The second kappa shape index (κ2) is 3.64. The van der Waals surface area contributed by atoms with Crippen molar-refractivity contribution in [2.24, 2.45) is 10.9 Å². The monoisotopic (exact) mass is 214 g/mol. The first-order chi connectivity index (χ1) is 7.60. The third kappa shape index (κ3) is 1.47. The molecule has 1 heterocycles. The van der Waals surface area contributed by atoms with Gasteiger partial charge in [0.2, 0.25) is 0 Å². The standard InChI is InChI=1S/C12H14N4/c1-8-9-4-3-5-12(9,2)16-11(7-14)10(6-13)15-8/h9,16H,3-5H2,1-2H3. The van der Waals surface area contributed by atoms with Crippen LogP contribution in [0.15, 0.2) is 16.4 Å². The second-order valence-corrected chi connectivity index (χ2v) is 4.69. The van der Waals surface area contributed by atoms with Crippen LogP contribution >= 0.6 is 0 Å². The van der Waals surface area contributed by atoms with Gasteiger partial charge in [0.15, 0.2) is 11.4 Å². The minimum atomic E-state index is -0.114. The molecule has 82 valence electrons. The van der Waals surface area contributed by atoms with E-state index < -0.39 is 0 Å². The van der Waals surface area contributed by atoms with Crippen LogP contribution in [0.3, 0.4) is 0 Å². The van der Waals surface area contributed by atoms with Crippen molar-refractivity contribution in [2.75, 3.05) is 0 Å². The molecule has 1 N–H and O–H groups in total. The van der Waals surface area contributed by atoms with Crippen molar-refractivity contribution in [1.29, 1.82) is 10.5 Å². The predicted molar refractivity (Wildman–Crippen MR) is 60.2 cm³/mol. The maximum atomic E-state index is 9.05. The normalized spacial score (nSPS) is 33.0. The Balaban J connectivity index is 2.51. The molecule has 1 aliphatic carbocycles. The molecule has 4 nitrogen and oxygen atoms in total. The van der Waals surface area contributed by atoms with Gasteiger partial charge in [0.1, 0.15) is 12.1 Å². The lowest BCUT2D eigenvalue weighted by Crippen LogP contribution is -2.46. The van der Waals surface area contributed by atoms with Crippen LogP contribution < -0.4 is 5.32 Å². The Morgan fingerprint density at radius 3 is 2.81 bits per heavy atom. The van der Waals surface area contributed by atoms with Crippen LogP contribution in [0, 0.1) is 28.6 Å². The van der Waals surface area contributed by atoms with E-state index in [2.05, 4.69) is 17.2 Å². The SMILES string of the molecule is CC1=NC(C#N)=C(C#N)NC2(C)CCCC12. The molecule has 2 atom stereocenters. The number of rotatable bonds is 0. The number of nitriles is 2. The van der Waals surface area contributed by atoms with Gasteiger partial charge in [0, 0.05) is 17.2 Å². The highest BCUT2D eigenvalue weighted by Gasteiger charge is 2.42. The fourth-order valence-corrected chi connectivity index (χ4v) is 2.80. The zero-order valence-corrected chi connectivity index (χ0v) is 9.54. The van der Waals surface area contributed by atoms with Gasteiger partial charge in [-0.15, -0.1) is 0 Å². The van der Waals surface area contributed by atoms with E-state index in [1.807, 2.05) is 19.1 Å². The highest BCUT2D eigenvalue weighted by atomic mass is 15.0. The summed E-state index contributed by atoms with van der Waals surface area (Å²) in [7, 11) is 0. The molecular weight excluding hydrogens is 200 g/mol. The first-order valence-electron chi connectivity index (χ1n) is 5.48. The summed E-state index contributed by atoms with van der Waals surface area (Å²) in [5.74, 6) is 0.335. The van der Waals surface area contributed by atoms with Crippen LogP contribution in [0.25, 0.3) is 0 Å². The van der Waals surface area contributed by atoms with Gasteiger partial charge in [-0.05, 0) is 26.7 Å². The number of nitrogens with zero attached hydrogens (tertiary/aromatic N) is 3. The maximum Gasteiger partial charge on any atom is 0.174 e. The lowest BCUT2D eigenvalue weighted by molar-refractivity contribution is 0.359. The molecule has 0 aromatic heterocycles. The van der Waals surface area contributed by atoms with Crippen LogP contribution in [0.4, 0.5) is 0 Å². The van der Waals surface area contributed by atoms with Gasteiger partial charge < -0.3 is 5.32 Å². The molecule has 1 aliphatic heterocycles. The van der Waals surface area contributed by atoms with Crippen LogP contribution in [0.1, 0.15) is 33.1 Å². The summed E-state index contributed by atoms with van der Waals surface area (Å²) in [6.07, 6.45) is 3.24. The molecule has 2 rings (SSSR count). The number of aliphatic imine (C=N–C) groups is 1. The van der Waals surface area contributed by atoms with Crippen LogP contribution in [-0.4, -0.2) is 11.3 Å². The highest BCUT2D eigenvalue weighted by molar-refractivity contribution is 5.88. The summed E-state index contributed by atoms with van der Waals surface area (Å²) in [6.45, 7) is 4.06. The van der Waals surface area contributed by atoms with Crippen molar-refractivity contribution < 1.29 is 0 Å². The molecule has 1 fully saturated rings. The van der Waals surface area contributed by atoms with E-state index in [9.17, 15) is 0 Å². The lowest BCUT2D eigenvalue weighted by atomic mass is 9.86. The zero-order chi connectivity index (χ0) is 11.8. The van der Waals surface area contributed by atoms with E-state index >= 15 is 0 Å². The third-order valence-corrected chi connectivity index (χ3v) is 3.62. The molecule has 0 radical (unpaired) electrons. The topological polar surface area (TPSA) is 72.0 Å². The van der Waals surface area contributed by atoms with Gasteiger partial charge in [0.05, 0.1) is 0 Å². The summed E-state index contributed by atoms with van der Waals surface area (Å²) in [4.78, 5) is 4.28. The van der Waals surface area contributed by atoms with Gasteiger partial charge in [-0.25, -0.2) is 4.99 Å². The molecule has 0 aromatic carbocycles. The third-order valence-electron chi connectivity index (χ3n) is 3.62. The molecule has 0 saturated heterocycles. The number of allylic oxidation sites excluding steroid dienone is 2. The maximum absolute atomic E-state index is 9.05. The second-order valence-electron chi connectivity index (χ2n) is 4.69. The first-order valence-corrected chi connectivity index (χ1v) is 5.48. The Labute approximate surface area is 95.3 Å². The van der Waals surface area contributed by atoms with E-state index in [4.69, 9.17) is 10.5 Å². The fraction of sp³-hybridized carbons (Fsp3) is 0.583. The van der Waals surface area contributed by atoms with Gasteiger partial charge in [0.25, 0.3) is 0 Å². The lowest BCUT2D eigenvalue weighted by Gasteiger charge is -2.31. The number of hydrogen-bond acceptors (Lipinski definition) is 4. The summed E-state index contributed by atoms with van der Waals surface area (Å²) < 4.78 is 0. The van der Waals surface area contributed by atoms with Crippen LogP contribution in [0.5, 0.6) is 0 Å². The van der Waals surface area contributed by atoms with Crippen molar-refractivity contribution in [3.05, 3.63) is 11.4 Å². The Morgan fingerprint density at radius 2 is 2.19 bits per heavy atom. The Morgan fingerprint density at radius 1 is 1.44 bits per heavy atom. The molecule has 16 heavy (non-hydrogen) atoms. The molecule has 0 bridgehead atoms. The highest BCUT2D eigenvalue weighted by Crippen LogP contribution is 2.39. The number of fused-ring (bicyclic) bond motifs is 1. The predicted octanol–water partition coefficient (Wildman–Crippen LogP) is 1.87. The van der Waals surface area contributed by atoms with Gasteiger partial charge >= 0.3 is 0 Å². The minimum absolute atomic E-state index is 0.114. The zero-order valence-electron chi connectivity index (χ0n) is 9.54. The fourth-order valence-electron chi connectivity index (χ4n) is 2.80. The molecule has 0 amide bonds. The summed E-state index contributed by atoms with van der Waals surface area (Å²) >= 11 is 0. The quantitative estimate of drug-likeness (QED) is 0.669. The Kier molecular flexibility index (Phi) is 2.44. The largest absolute Gasteiger partial charge is 0.368 e. The van der Waals surface area contributed by atoms with Crippen molar-refractivity contribution in [1.82, 2.24) is 5.32 Å². The van der Waals surface area contributed by atoms with Gasteiger partial charge in [-0.1, -0.05) is 6.42 Å². The van der Waals surface area contributed by atoms with Crippen molar-refractivity contribution in [3.8, 4) is 12.1 Å². The Hall–Kier alpha value is -1.81. The summed E-state index contributed by atoms with van der Waals surface area (Å²) in [5, 5.41) is 21.2. The van der Waals surface area contributed by atoms with Gasteiger partial charge in [-0.3, -0.25) is 0 Å². The van der Waals surface area contributed by atoms with Crippen LogP contribution in [0.2, 0.25) is 0 Å². The number of nitrogens with one attached hydrogen (secondary N) is 1. The minimum Gasteiger partial charge on any atom is -0.368 e. The summed E-state index contributed by atoms with van der Waals surface area (Å²) in [5.41, 5.74) is 1.38. The number of hydrogen-bond donors (Lipinski definition) is 1. The van der Waals surface area contributed by atoms with E-state index in [1.165, 1.54) is 0 Å². The molecule has 0 aromatic rings. The van der Waals surface area contributed by atoms with E-state index in [-0.39, 0.29) is 11.2 Å². The molecule has 0 spiro atoms.